The number of carbonyl (C=O) groups is 13. The van der Waals surface area contributed by atoms with E-state index in [1.807, 2.05) is 27.7 Å². The summed E-state index contributed by atoms with van der Waals surface area (Å²) in [6, 6.07) is -0.560. The summed E-state index contributed by atoms with van der Waals surface area (Å²) >= 11 is 1.03. The number of thiazole rings is 1. The molecule has 2 unspecified atom stereocenters. The van der Waals surface area contributed by atoms with E-state index in [1.165, 1.54) is 24.4 Å². The van der Waals surface area contributed by atoms with Crippen LogP contribution in [-0.4, -0.2) is 196 Å². The molecule has 30 nitrogen and oxygen atoms in total. The zero-order chi connectivity index (χ0) is 81.3. The minimum atomic E-state index is -1.34. The quantitative estimate of drug-likeness (QED) is 0.0108. The first kappa shape index (κ1) is 92.5. The fourth-order valence-corrected chi connectivity index (χ4v) is 11.7. The molecule has 7 N–H and O–H groups in total. The van der Waals surface area contributed by atoms with Crippen LogP contribution in [0.5, 0.6) is 5.75 Å². The Kier molecular flexibility index (Phi) is 35.9. The number of benzene rings is 1. The lowest BCUT2D eigenvalue weighted by Crippen LogP contribution is -2.60. The number of ether oxygens (including phenoxy) is 6. The highest BCUT2D eigenvalue weighted by molar-refractivity contribution is 7.09. The number of likely N-dealkylation sites (N-methyl/N-ethyl adjacent to an activating group) is 2. The van der Waals surface area contributed by atoms with Crippen molar-refractivity contribution in [2.45, 2.75) is 280 Å². The highest BCUT2D eigenvalue weighted by Crippen LogP contribution is 2.33. The van der Waals surface area contributed by atoms with Crippen molar-refractivity contribution in [3.05, 3.63) is 52.0 Å². The van der Waals surface area contributed by atoms with Crippen molar-refractivity contribution >= 4 is 94.6 Å². The molecule has 1 aromatic carbocycles. The van der Waals surface area contributed by atoms with Crippen molar-refractivity contribution in [2.24, 2.45) is 17.8 Å². The SMILES string of the molecule is CC[C@H](C)[C@H](NC(=O)C(C)(C)N(C)C)C(=O)N(C)[C@H](C[C@@H](OC(C)=O)c1nc(C(=O)N[C@@H](Cc2ccc(OC(=O)[C@H](CCCCNC(=O)OC(C)(C)C)NC(=O)OC(C)(C)C)c(NC(=O)CCCN3C(=O)C=CC3=O)c2)CC(C)C(=O)NC(CCCCNC(=O)OC(C)(C)C)C(=O)OC(C)(C)C)cs1)C(C)C. The smallest absolute Gasteiger partial charge is 0.408 e. The van der Waals surface area contributed by atoms with E-state index in [4.69, 9.17) is 33.4 Å². The number of alkyl carbamates (subject to hydrolysis) is 3. The van der Waals surface area contributed by atoms with Crippen LogP contribution in [0.25, 0.3) is 0 Å². The third kappa shape index (κ3) is 33.5. The van der Waals surface area contributed by atoms with E-state index >= 15 is 0 Å². The van der Waals surface area contributed by atoms with Crippen LogP contribution in [0, 0.1) is 17.8 Å². The maximum atomic E-state index is 14.9. The van der Waals surface area contributed by atoms with Gasteiger partial charge in [-0.3, -0.25) is 48.2 Å². The van der Waals surface area contributed by atoms with Gasteiger partial charge in [-0.15, -0.1) is 11.3 Å². The molecule has 0 radical (unpaired) electrons. The van der Waals surface area contributed by atoms with Crippen molar-refractivity contribution in [2.75, 3.05) is 46.1 Å². The number of hydrogen-bond acceptors (Lipinski definition) is 22. The summed E-state index contributed by atoms with van der Waals surface area (Å²) in [5.41, 5.74) is -4.13. The number of aromatic nitrogens is 1. The molecule has 2 aromatic rings. The predicted octanol–water partition coefficient (Wildman–Crippen LogP) is 9.52. The topological polar surface area (TPSA) is 384 Å². The van der Waals surface area contributed by atoms with Gasteiger partial charge in [-0.2, -0.15) is 0 Å². The van der Waals surface area contributed by atoms with E-state index < -0.39 is 136 Å². The van der Waals surface area contributed by atoms with Crippen LogP contribution >= 0.6 is 11.3 Å². The zero-order valence-corrected chi connectivity index (χ0v) is 68.0. The van der Waals surface area contributed by atoms with Crippen molar-refractivity contribution in [1.82, 2.24) is 51.6 Å². The van der Waals surface area contributed by atoms with Gasteiger partial charge in [-0.05, 0) is 198 Å². The predicted molar refractivity (Wildman–Crippen MR) is 403 cm³/mol. The van der Waals surface area contributed by atoms with Crippen molar-refractivity contribution in [3.63, 3.8) is 0 Å². The van der Waals surface area contributed by atoms with Crippen LogP contribution in [0.1, 0.15) is 236 Å². The van der Waals surface area contributed by atoms with E-state index in [0.29, 0.717) is 31.2 Å². The minimum Gasteiger partial charge on any atom is -0.458 e. The normalized spacial score (nSPS) is 14.9. The lowest BCUT2D eigenvalue weighted by molar-refractivity contribution is -0.159. The van der Waals surface area contributed by atoms with E-state index in [1.54, 1.807) is 141 Å². The summed E-state index contributed by atoms with van der Waals surface area (Å²) in [6.45, 7) is 34.6. The second-order valence-electron chi connectivity index (χ2n) is 32.2. The number of imide groups is 1. The van der Waals surface area contributed by atoms with Crippen molar-refractivity contribution in [1.29, 1.82) is 0 Å². The Labute approximate surface area is 635 Å². The average molecular weight is 1520 g/mol. The third-order valence-electron chi connectivity index (χ3n) is 17.1. The standard InChI is InChI=1S/C76H121N11O19S/c1-24-46(4)61(84-68(97)76(19,20)85(21)22)65(94)86(23)55(45(2)3)43-57(101-48(6)88)64-82-54(44-107-64)63(93)79-50(40-47(5)62(92)81-52(67(96)103-72(7,8)9)31-26-28-38-78-70(99)105-74(13,14)15)41-49-33-34-56(53(42-49)80-58(89)32-29-39-87-59(90)35-36-60(87)91)102-66(95)51(83-71(100)106-75(16,17)18)30-25-27-37-77-69(98)104-73(10,11)12/h33-36,42,44-47,50-52,55,57,61H,24-32,37-41,43H2,1-23H3,(H,77,98)(H,78,99)(H,79,93)(H,80,89)(H,81,92)(H,83,100)(H,84,97)/t46-,47?,50+,51-,52?,55+,57+,61-/m0/s1. The Hall–Kier alpha value is -8.74. The molecule has 1 aromatic heterocycles. The maximum absolute atomic E-state index is 14.9. The number of amides is 10. The molecule has 2 heterocycles. The lowest BCUT2D eigenvalue weighted by atomic mass is 9.92. The van der Waals surface area contributed by atoms with E-state index in [-0.39, 0.29) is 117 Å². The molecule has 0 aliphatic carbocycles. The Bertz CT molecular complexity index is 3420. The molecule has 0 bridgehead atoms. The fourth-order valence-electron chi connectivity index (χ4n) is 10.8. The van der Waals surface area contributed by atoms with Gasteiger partial charge in [0.25, 0.3) is 17.7 Å². The Balaban J connectivity index is 2.20. The van der Waals surface area contributed by atoms with Crippen LogP contribution in [0.4, 0.5) is 20.1 Å². The van der Waals surface area contributed by atoms with Crippen LogP contribution in [0.2, 0.25) is 0 Å². The number of rotatable bonds is 39. The van der Waals surface area contributed by atoms with Gasteiger partial charge in [0.2, 0.25) is 23.6 Å². The molecular weight excluding hydrogens is 1400 g/mol. The van der Waals surface area contributed by atoms with Gasteiger partial charge >= 0.3 is 36.2 Å². The van der Waals surface area contributed by atoms with Crippen LogP contribution < -0.4 is 42.0 Å². The molecule has 1 aliphatic rings. The van der Waals surface area contributed by atoms with Gasteiger partial charge in [0.05, 0.1) is 11.2 Å². The van der Waals surface area contributed by atoms with Gasteiger partial charge < -0.3 is 70.5 Å². The molecule has 0 saturated carbocycles. The summed E-state index contributed by atoms with van der Waals surface area (Å²) in [6.07, 6.45) is 0.656. The summed E-state index contributed by atoms with van der Waals surface area (Å²) in [7, 11) is 5.18. The molecule has 0 spiro atoms. The number of esters is 3. The Morgan fingerprint density at radius 1 is 0.636 bits per heavy atom. The summed E-state index contributed by atoms with van der Waals surface area (Å²) < 4.78 is 33.9. The zero-order valence-electron chi connectivity index (χ0n) is 67.2. The molecule has 8 atom stereocenters. The van der Waals surface area contributed by atoms with Gasteiger partial charge in [0.15, 0.2) is 11.9 Å². The molecular formula is C76H121N11O19S. The highest BCUT2D eigenvalue weighted by atomic mass is 32.1. The molecule has 31 heteroatoms. The summed E-state index contributed by atoms with van der Waals surface area (Å²) in [5.74, 6) is -7.74. The monoisotopic (exact) mass is 1520 g/mol. The van der Waals surface area contributed by atoms with Gasteiger partial charge in [-0.1, -0.05) is 47.1 Å². The average Bonchev–Trinajstić information content (AvgIpc) is 1.82. The number of anilines is 1. The lowest BCUT2D eigenvalue weighted by Gasteiger charge is -2.38. The largest absolute Gasteiger partial charge is 0.458 e. The first-order valence-corrected chi connectivity index (χ1v) is 37.6. The molecule has 10 amide bonds. The second-order valence-corrected chi connectivity index (χ2v) is 33.1. The van der Waals surface area contributed by atoms with E-state index in [0.717, 1.165) is 28.4 Å². The van der Waals surface area contributed by atoms with E-state index in [2.05, 4.69) is 37.2 Å². The first-order chi connectivity index (χ1) is 49.4. The maximum Gasteiger partial charge on any atom is 0.408 e. The van der Waals surface area contributed by atoms with Crippen LogP contribution in [-0.2, 0) is 73.3 Å². The Morgan fingerprint density at radius 3 is 1.67 bits per heavy atom. The fraction of sp³-hybridized carbons (Fsp3) is 0.684. The minimum absolute atomic E-state index is 0.00521. The van der Waals surface area contributed by atoms with Crippen LogP contribution in [0.15, 0.2) is 35.7 Å². The second kappa shape index (κ2) is 41.6. The molecule has 0 fully saturated rings. The molecule has 3 rings (SSSR count). The number of nitrogens with one attached hydrogen (secondary N) is 7. The molecule has 0 saturated heterocycles. The summed E-state index contributed by atoms with van der Waals surface area (Å²) in [5, 5.41) is 21.3. The molecule has 600 valence electrons. The van der Waals surface area contributed by atoms with E-state index in [9.17, 15) is 62.3 Å². The number of nitrogens with zero attached hydrogens (tertiary/aromatic N) is 4. The summed E-state index contributed by atoms with van der Waals surface area (Å²) in [4.78, 5) is 185. The van der Waals surface area contributed by atoms with Gasteiger partial charge in [-0.25, -0.2) is 29.0 Å². The van der Waals surface area contributed by atoms with Crippen LogP contribution in [0.3, 0.4) is 0 Å². The van der Waals surface area contributed by atoms with Gasteiger partial charge in [0, 0.05) is 82.0 Å². The van der Waals surface area contributed by atoms with Crippen molar-refractivity contribution < 1.29 is 90.8 Å². The van der Waals surface area contributed by atoms with Gasteiger partial charge in [0.1, 0.15) is 51.2 Å². The molecule has 1 aliphatic heterocycles. The first-order valence-electron chi connectivity index (χ1n) is 36.7. The number of unbranched alkanes of at least 4 members (excludes halogenated alkanes) is 2. The molecule has 107 heavy (non-hydrogen) atoms. The Morgan fingerprint density at radius 2 is 1.17 bits per heavy atom. The number of hydrogen-bond donors (Lipinski definition) is 7. The highest BCUT2D eigenvalue weighted by Gasteiger charge is 2.40. The third-order valence-corrected chi connectivity index (χ3v) is 18.1. The van der Waals surface area contributed by atoms with Crippen molar-refractivity contribution in [3.8, 4) is 5.75 Å². The number of carbonyl (C=O) groups excluding carboxylic acids is 13.